The Balaban J connectivity index is 2.01. The van der Waals surface area contributed by atoms with Crippen LogP contribution in [0.2, 0.25) is 0 Å². The fourth-order valence-electron chi connectivity index (χ4n) is 2.23. The van der Waals surface area contributed by atoms with E-state index < -0.39 is 11.9 Å². The van der Waals surface area contributed by atoms with Gasteiger partial charge in [0.25, 0.3) is 5.91 Å². The van der Waals surface area contributed by atoms with E-state index in [-0.39, 0.29) is 11.9 Å². The number of aromatic nitrogens is 2. The maximum atomic E-state index is 11.8. The molecule has 2 atom stereocenters. The first-order valence-corrected chi connectivity index (χ1v) is 5.71. The van der Waals surface area contributed by atoms with Crippen LogP contribution in [-0.4, -0.2) is 33.2 Å². The van der Waals surface area contributed by atoms with Crippen molar-refractivity contribution in [3.63, 3.8) is 0 Å². The Morgan fingerprint density at radius 3 is 2.82 bits per heavy atom. The number of aliphatic carboxylic acids is 1. The van der Waals surface area contributed by atoms with Crippen LogP contribution in [0.3, 0.4) is 0 Å². The van der Waals surface area contributed by atoms with Crippen molar-refractivity contribution in [2.24, 2.45) is 5.92 Å². The highest BCUT2D eigenvalue weighted by molar-refractivity contribution is 5.94. The molecule has 2 unspecified atom stereocenters. The molecule has 0 bridgehead atoms. The Bertz CT molecular complexity index is 402. The molecule has 2 rings (SSSR count). The zero-order chi connectivity index (χ0) is 12.3. The van der Waals surface area contributed by atoms with E-state index in [9.17, 15) is 9.59 Å². The number of aromatic amines is 1. The number of carboxylic acid groups (broad SMARTS) is 1. The van der Waals surface area contributed by atoms with Crippen molar-refractivity contribution >= 4 is 11.9 Å². The summed E-state index contributed by atoms with van der Waals surface area (Å²) in [5.41, 5.74) is 0.430. The molecular weight excluding hydrogens is 222 g/mol. The van der Waals surface area contributed by atoms with Gasteiger partial charge >= 0.3 is 5.97 Å². The highest BCUT2D eigenvalue weighted by Gasteiger charge is 2.31. The lowest BCUT2D eigenvalue weighted by atomic mass is 9.84. The Hall–Kier alpha value is -1.85. The molecule has 6 heteroatoms. The third-order valence-electron chi connectivity index (χ3n) is 3.16. The highest BCUT2D eigenvalue weighted by atomic mass is 16.4. The van der Waals surface area contributed by atoms with Crippen molar-refractivity contribution in [1.29, 1.82) is 0 Å². The number of rotatable bonds is 3. The van der Waals surface area contributed by atoms with Gasteiger partial charge in [-0.3, -0.25) is 14.7 Å². The second-order valence-electron chi connectivity index (χ2n) is 4.30. The molecular formula is C11H15N3O3. The Morgan fingerprint density at radius 2 is 2.18 bits per heavy atom. The molecule has 1 saturated carbocycles. The number of carbonyl (C=O) groups excluding carboxylic acids is 1. The SMILES string of the molecule is O=C(NC1CCCCC1C(=O)O)c1cn[nH]c1. The summed E-state index contributed by atoms with van der Waals surface area (Å²) >= 11 is 0. The van der Waals surface area contributed by atoms with E-state index in [0.29, 0.717) is 12.0 Å². The zero-order valence-corrected chi connectivity index (χ0v) is 9.35. The molecule has 0 saturated heterocycles. The second-order valence-corrected chi connectivity index (χ2v) is 4.30. The number of H-pyrrole nitrogens is 1. The van der Waals surface area contributed by atoms with Crippen LogP contribution in [0.5, 0.6) is 0 Å². The first kappa shape index (κ1) is 11.6. The smallest absolute Gasteiger partial charge is 0.308 e. The van der Waals surface area contributed by atoms with Gasteiger partial charge in [-0.25, -0.2) is 0 Å². The van der Waals surface area contributed by atoms with Crippen LogP contribution in [0.1, 0.15) is 36.0 Å². The molecule has 0 radical (unpaired) electrons. The lowest BCUT2D eigenvalue weighted by molar-refractivity contribution is -0.143. The molecule has 1 heterocycles. The fourth-order valence-corrected chi connectivity index (χ4v) is 2.23. The Morgan fingerprint density at radius 1 is 1.41 bits per heavy atom. The average Bonchev–Trinajstić information content (AvgIpc) is 2.83. The number of hydrogen-bond donors (Lipinski definition) is 3. The van der Waals surface area contributed by atoms with Crippen LogP contribution in [-0.2, 0) is 4.79 Å². The molecule has 3 N–H and O–H groups in total. The third kappa shape index (κ3) is 2.64. The van der Waals surface area contributed by atoms with Crippen molar-refractivity contribution in [2.75, 3.05) is 0 Å². The van der Waals surface area contributed by atoms with E-state index in [0.717, 1.165) is 19.3 Å². The Labute approximate surface area is 98.4 Å². The standard InChI is InChI=1S/C11H15N3O3/c15-10(7-5-12-13-6-7)14-9-4-2-1-3-8(9)11(16)17/h5-6,8-9H,1-4H2,(H,12,13)(H,14,15)(H,16,17). The number of amides is 1. The number of hydrogen-bond acceptors (Lipinski definition) is 3. The molecule has 1 aromatic rings. The maximum absolute atomic E-state index is 11.8. The van der Waals surface area contributed by atoms with Crippen LogP contribution in [0, 0.1) is 5.92 Å². The quantitative estimate of drug-likeness (QED) is 0.724. The summed E-state index contributed by atoms with van der Waals surface area (Å²) in [6.07, 6.45) is 6.14. The van der Waals surface area contributed by atoms with E-state index in [2.05, 4.69) is 15.5 Å². The van der Waals surface area contributed by atoms with Gasteiger partial charge in [0.15, 0.2) is 0 Å². The van der Waals surface area contributed by atoms with Gasteiger partial charge in [0.1, 0.15) is 0 Å². The van der Waals surface area contributed by atoms with Crippen molar-refractivity contribution < 1.29 is 14.7 Å². The van der Waals surface area contributed by atoms with Gasteiger partial charge < -0.3 is 10.4 Å². The van der Waals surface area contributed by atoms with E-state index in [4.69, 9.17) is 5.11 Å². The summed E-state index contributed by atoms with van der Waals surface area (Å²) in [4.78, 5) is 22.8. The summed E-state index contributed by atoms with van der Waals surface area (Å²) in [5, 5.41) is 18.1. The van der Waals surface area contributed by atoms with Crippen molar-refractivity contribution in [1.82, 2.24) is 15.5 Å². The number of nitrogens with zero attached hydrogens (tertiary/aromatic N) is 1. The van der Waals surface area contributed by atoms with E-state index in [1.807, 2.05) is 0 Å². The number of carbonyl (C=O) groups is 2. The molecule has 6 nitrogen and oxygen atoms in total. The summed E-state index contributed by atoms with van der Waals surface area (Å²) in [5.74, 6) is -1.57. The fraction of sp³-hybridized carbons (Fsp3) is 0.545. The van der Waals surface area contributed by atoms with Gasteiger partial charge in [-0.15, -0.1) is 0 Å². The van der Waals surface area contributed by atoms with E-state index >= 15 is 0 Å². The second kappa shape index (κ2) is 4.99. The van der Waals surface area contributed by atoms with Crippen LogP contribution in [0.4, 0.5) is 0 Å². The first-order valence-electron chi connectivity index (χ1n) is 5.71. The topological polar surface area (TPSA) is 95.1 Å². The zero-order valence-electron chi connectivity index (χ0n) is 9.35. The lowest BCUT2D eigenvalue weighted by Crippen LogP contribution is -2.45. The molecule has 0 aromatic carbocycles. The first-order chi connectivity index (χ1) is 8.18. The summed E-state index contributed by atoms with van der Waals surface area (Å²) in [6.45, 7) is 0. The number of carboxylic acids is 1. The van der Waals surface area contributed by atoms with Gasteiger partial charge in [0.05, 0.1) is 17.7 Å². The molecule has 0 aliphatic heterocycles. The minimum absolute atomic E-state index is 0.267. The monoisotopic (exact) mass is 237 g/mol. The van der Waals surface area contributed by atoms with Gasteiger partial charge in [-0.05, 0) is 12.8 Å². The summed E-state index contributed by atoms with van der Waals surface area (Å²) < 4.78 is 0. The molecule has 92 valence electrons. The largest absolute Gasteiger partial charge is 0.481 e. The van der Waals surface area contributed by atoms with Crippen molar-refractivity contribution in [2.45, 2.75) is 31.7 Å². The van der Waals surface area contributed by atoms with Gasteiger partial charge in [0, 0.05) is 12.2 Å². The molecule has 17 heavy (non-hydrogen) atoms. The van der Waals surface area contributed by atoms with Crippen molar-refractivity contribution in [3.8, 4) is 0 Å². The van der Waals surface area contributed by atoms with Crippen LogP contribution in [0.25, 0.3) is 0 Å². The molecule has 0 spiro atoms. The number of nitrogens with one attached hydrogen (secondary N) is 2. The molecule has 1 aliphatic rings. The predicted octanol–water partition coefficient (Wildman–Crippen LogP) is 0.783. The Kier molecular flexibility index (Phi) is 3.41. The average molecular weight is 237 g/mol. The van der Waals surface area contributed by atoms with Crippen LogP contribution in [0.15, 0.2) is 12.4 Å². The normalized spacial score (nSPS) is 24.2. The summed E-state index contributed by atoms with van der Waals surface area (Å²) in [6, 6.07) is -0.274. The molecule has 1 aromatic heterocycles. The third-order valence-corrected chi connectivity index (χ3v) is 3.16. The summed E-state index contributed by atoms with van der Waals surface area (Å²) in [7, 11) is 0. The lowest BCUT2D eigenvalue weighted by Gasteiger charge is -2.29. The van der Waals surface area contributed by atoms with E-state index in [1.165, 1.54) is 12.4 Å². The van der Waals surface area contributed by atoms with Gasteiger partial charge in [0.2, 0.25) is 0 Å². The van der Waals surface area contributed by atoms with Gasteiger partial charge in [-0.1, -0.05) is 12.8 Å². The molecule has 1 amide bonds. The minimum Gasteiger partial charge on any atom is -0.481 e. The predicted molar refractivity (Wildman–Crippen MR) is 59.4 cm³/mol. The molecule has 1 aliphatic carbocycles. The van der Waals surface area contributed by atoms with E-state index in [1.54, 1.807) is 0 Å². The van der Waals surface area contributed by atoms with Crippen LogP contribution < -0.4 is 5.32 Å². The molecule has 1 fully saturated rings. The van der Waals surface area contributed by atoms with Crippen LogP contribution >= 0.6 is 0 Å². The van der Waals surface area contributed by atoms with Crippen molar-refractivity contribution in [3.05, 3.63) is 18.0 Å². The van der Waals surface area contributed by atoms with Gasteiger partial charge in [-0.2, -0.15) is 5.10 Å². The maximum Gasteiger partial charge on any atom is 0.308 e. The highest BCUT2D eigenvalue weighted by Crippen LogP contribution is 2.24. The minimum atomic E-state index is -0.831.